The SMILES string of the molecule is O=C(N1CCC[C@@H](COc2ccc(F)cc2)C1)C1(Cn2cccn2)CC1. The molecule has 1 atom stereocenters. The highest BCUT2D eigenvalue weighted by Gasteiger charge is 2.52. The van der Waals surface area contributed by atoms with Crippen molar-refractivity contribution in [2.24, 2.45) is 11.3 Å². The van der Waals surface area contributed by atoms with Crippen molar-refractivity contribution in [3.8, 4) is 5.75 Å². The molecule has 1 amide bonds. The van der Waals surface area contributed by atoms with Gasteiger partial charge in [0.05, 0.1) is 18.6 Å². The summed E-state index contributed by atoms with van der Waals surface area (Å²) < 4.78 is 20.6. The largest absolute Gasteiger partial charge is 0.493 e. The van der Waals surface area contributed by atoms with Gasteiger partial charge in [0.25, 0.3) is 0 Å². The zero-order valence-corrected chi connectivity index (χ0v) is 14.8. The Kier molecular flexibility index (Phi) is 4.66. The molecular formula is C20H24FN3O2. The number of carbonyl (C=O) groups is 1. The molecule has 1 saturated heterocycles. The first kappa shape index (κ1) is 17.1. The molecule has 0 N–H and O–H groups in total. The van der Waals surface area contributed by atoms with E-state index in [1.807, 2.05) is 21.8 Å². The summed E-state index contributed by atoms with van der Waals surface area (Å²) in [5, 5.41) is 4.25. The van der Waals surface area contributed by atoms with Crippen LogP contribution in [0.2, 0.25) is 0 Å². The van der Waals surface area contributed by atoms with Crippen LogP contribution in [0.4, 0.5) is 4.39 Å². The van der Waals surface area contributed by atoms with Gasteiger partial charge in [-0.15, -0.1) is 0 Å². The Hall–Kier alpha value is -2.37. The van der Waals surface area contributed by atoms with Gasteiger partial charge in [-0.25, -0.2) is 4.39 Å². The Balaban J connectivity index is 1.33. The maximum Gasteiger partial charge on any atom is 0.230 e. The van der Waals surface area contributed by atoms with Crippen molar-refractivity contribution in [3.05, 3.63) is 48.5 Å². The minimum Gasteiger partial charge on any atom is -0.493 e. The molecule has 1 aromatic carbocycles. The molecule has 0 unspecified atom stereocenters. The number of nitrogens with zero attached hydrogens (tertiary/aromatic N) is 3. The molecule has 2 heterocycles. The summed E-state index contributed by atoms with van der Waals surface area (Å²) in [5.41, 5.74) is -0.258. The van der Waals surface area contributed by atoms with Gasteiger partial charge in [-0.1, -0.05) is 0 Å². The molecule has 0 bridgehead atoms. The summed E-state index contributed by atoms with van der Waals surface area (Å²) in [6, 6.07) is 7.98. The van der Waals surface area contributed by atoms with E-state index >= 15 is 0 Å². The summed E-state index contributed by atoms with van der Waals surface area (Å²) in [6.07, 6.45) is 7.61. The fourth-order valence-electron chi connectivity index (χ4n) is 3.76. The number of likely N-dealkylation sites (tertiary alicyclic amines) is 1. The molecule has 0 radical (unpaired) electrons. The van der Waals surface area contributed by atoms with Crippen molar-refractivity contribution >= 4 is 5.91 Å². The molecular weight excluding hydrogens is 333 g/mol. The second-order valence-corrected chi connectivity index (χ2v) is 7.51. The van der Waals surface area contributed by atoms with Crippen LogP contribution in [0.25, 0.3) is 0 Å². The van der Waals surface area contributed by atoms with Crippen LogP contribution in [0.15, 0.2) is 42.7 Å². The molecule has 2 fully saturated rings. The standard InChI is InChI=1S/C20H24FN3O2/c21-17-4-6-18(7-5-17)26-14-16-3-1-11-23(13-16)19(25)20(8-9-20)15-24-12-2-10-22-24/h2,4-7,10,12,16H,1,3,8-9,11,13-15H2/t16-/m1/s1. The number of benzene rings is 1. The average Bonchev–Trinajstić information content (AvgIpc) is 3.26. The van der Waals surface area contributed by atoms with Gasteiger partial charge in [0.2, 0.25) is 5.91 Å². The summed E-state index contributed by atoms with van der Waals surface area (Å²) in [4.78, 5) is 15.1. The topological polar surface area (TPSA) is 47.4 Å². The van der Waals surface area contributed by atoms with E-state index < -0.39 is 0 Å². The van der Waals surface area contributed by atoms with Gasteiger partial charge in [-0.3, -0.25) is 9.48 Å². The number of carbonyl (C=O) groups excluding carboxylic acids is 1. The quantitative estimate of drug-likeness (QED) is 0.798. The number of hydrogen-bond donors (Lipinski definition) is 0. The van der Waals surface area contributed by atoms with Gasteiger partial charge in [-0.2, -0.15) is 5.10 Å². The maximum atomic E-state index is 13.1. The second-order valence-electron chi connectivity index (χ2n) is 7.51. The van der Waals surface area contributed by atoms with E-state index in [9.17, 15) is 9.18 Å². The van der Waals surface area contributed by atoms with E-state index in [0.717, 1.165) is 38.8 Å². The number of halogens is 1. The molecule has 1 saturated carbocycles. The first-order chi connectivity index (χ1) is 12.6. The molecule has 4 rings (SSSR count). The summed E-state index contributed by atoms with van der Waals surface area (Å²) in [7, 11) is 0. The predicted octanol–water partition coefficient (Wildman–Crippen LogP) is 3.12. The van der Waals surface area contributed by atoms with Crippen LogP contribution >= 0.6 is 0 Å². The van der Waals surface area contributed by atoms with Crippen molar-refractivity contribution in [1.82, 2.24) is 14.7 Å². The van der Waals surface area contributed by atoms with Crippen LogP contribution in [0.3, 0.4) is 0 Å². The maximum absolute atomic E-state index is 13.1. The fourth-order valence-corrected chi connectivity index (χ4v) is 3.76. The number of rotatable bonds is 6. The molecule has 1 aliphatic carbocycles. The lowest BCUT2D eigenvalue weighted by atomic mass is 9.96. The number of amides is 1. The Labute approximate surface area is 152 Å². The van der Waals surface area contributed by atoms with Crippen molar-refractivity contribution in [2.45, 2.75) is 32.2 Å². The number of piperidine rings is 1. The highest BCUT2D eigenvalue weighted by molar-refractivity contribution is 5.85. The van der Waals surface area contributed by atoms with E-state index in [1.54, 1.807) is 18.3 Å². The minimum absolute atomic E-state index is 0.258. The normalized spacial score (nSPS) is 21.4. The molecule has 5 nitrogen and oxygen atoms in total. The molecule has 0 spiro atoms. The third kappa shape index (κ3) is 3.74. The van der Waals surface area contributed by atoms with Crippen molar-refractivity contribution in [2.75, 3.05) is 19.7 Å². The molecule has 1 aliphatic heterocycles. The molecule has 2 aliphatic rings. The van der Waals surface area contributed by atoms with Gasteiger partial charge in [0.1, 0.15) is 11.6 Å². The fraction of sp³-hybridized carbons (Fsp3) is 0.500. The number of ether oxygens (including phenoxy) is 1. The Morgan fingerprint density at radius 1 is 1.31 bits per heavy atom. The van der Waals surface area contributed by atoms with Gasteiger partial charge < -0.3 is 9.64 Å². The van der Waals surface area contributed by atoms with E-state index in [2.05, 4.69) is 5.10 Å². The van der Waals surface area contributed by atoms with Crippen LogP contribution in [-0.2, 0) is 11.3 Å². The van der Waals surface area contributed by atoms with Gasteiger partial charge in [0.15, 0.2) is 0 Å². The monoisotopic (exact) mass is 357 g/mol. The molecule has 6 heteroatoms. The van der Waals surface area contributed by atoms with Crippen LogP contribution in [0, 0.1) is 17.2 Å². The predicted molar refractivity (Wildman–Crippen MR) is 95.1 cm³/mol. The lowest BCUT2D eigenvalue weighted by Gasteiger charge is -2.35. The smallest absolute Gasteiger partial charge is 0.230 e. The zero-order chi connectivity index (χ0) is 18.0. The third-order valence-corrected chi connectivity index (χ3v) is 5.44. The van der Waals surface area contributed by atoms with Crippen LogP contribution in [0.5, 0.6) is 5.75 Å². The van der Waals surface area contributed by atoms with Gasteiger partial charge in [0, 0.05) is 31.4 Å². The van der Waals surface area contributed by atoms with Gasteiger partial charge >= 0.3 is 0 Å². The highest BCUT2D eigenvalue weighted by atomic mass is 19.1. The molecule has 2 aromatic rings. The Morgan fingerprint density at radius 3 is 2.81 bits per heavy atom. The van der Waals surface area contributed by atoms with E-state index in [4.69, 9.17) is 4.74 Å². The van der Waals surface area contributed by atoms with E-state index in [0.29, 0.717) is 24.8 Å². The zero-order valence-electron chi connectivity index (χ0n) is 14.8. The Bertz CT molecular complexity index is 741. The van der Waals surface area contributed by atoms with Crippen molar-refractivity contribution < 1.29 is 13.9 Å². The molecule has 1 aromatic heterocycles. The van der Waals surface area contributed by atoms with Crippen LogP contribution in [-0.4, -0.2) is 40.3 Å². The van der Waals surface area contributed by atoms with Crippen molar-refractivity contribution in [1.29, 1.82) is 0 Å². The lowest BCUT2D eigenvalue weighted by molar-refractivity contribution is -0.139. The summed E-state index contributed by atoms with van der Waals surface area (Å²) >= 11 is 0. The molecule has 26 heavy (non-hydrogen) atoms. The average molecular weight is 357 g/mol. The third-order valence-electron chi connectivity index (χ3n) is 5.44. The second kappa shape index (κ2) is 7.09. The highest BCUT2D eigenvalue weighted by Crippen LogP contribution is 2.49. The van der Waals surface area contributed by atoms with E-state index in [1.165, 1.54) is 12.1 Å². The summed E-state index contributed by atoms with van der Waals surface area (Å²) in [6.45, 7) is 2.79. The van der Waals surface area contributed by atoms with E-state index in [-0.39, 0.29) is 17.1 Å². The first-order valence-electron chi connectivity index (χ1n) is 9.30. The van der Waals surface area contributed by atoms with Crippen LogP contribution < -0.4 is 4.74 Å². The van der Waals surface area contributed by atoms with Crippen LogP contribution in [0.1, 0.15) is 25.7 Å². The summed E-state index contributed by atoms with van der Waals surface area (Å²) in [5.74, 6) is 0.989. The minimum atomic E-state index is -0.265. The Morgan fingerprint density at radius 2 is 2.12 bits per heavy atom. The van der Waals surface area contributed by atoms with Crippen molar-refractivity contribution in [3.63, 3.8) is 0 Å². The number of hydrogen-bond acceptors (Lipinski definition) is 3. The van der Waals surface area contributed by atoms with Gasteiger partial charge in [-0.05, 0) is 56.0 Å². The first-order valence-corrected chi connectivity index (χ1v) is 9.30. The molecule has 138 valence electrons. The number of aromatic nitrogens is 2. The lowest BCUT2D eigenvalue weighted by Crippen LogP contribution is -2.46.